The second-order valence-corrected chi connectivity index (χ2v) is 6.85. The van der Waals surface area contributed by atoms with Crippen LogP contribution in [0.15, 0.2) is 30.6 Å². The minimum absolute atomic E-state index is 0.189. The number of benzene rings is 1. The van der Waals surface area contributed by atoms with Crippen molar-refractivity contribution >= 4 is 21.6 Å². The van der Waals surface area contributed by atoms with E-state index in [1.165, 1.54) is 10.3 Å². The molecule has 0 saturated heterocycles. The Bertz CT molecular complexity index is 831. The van der Waals surface area contributed by atoms with Crippen molar-refractivity contribution in [2.75, 3.05) is 0 Å². The fraction of sp³-hybridized carbons (Fsp3) is 0.353. The third-order valence-electron chi connectivity index (χ3n) is 4.16. The number of hydrogen-bond donors (Lipinski definition) is 1. The van der Waals surface area contributed by atoms with Gasteiger partial charge in [0, 0.05) is 18.0 Å². The molecule has 0 amide bonds. The molecule has 0 spiro atoms. The summed E-state index contributed by atoms with van der Waals surface area (Å²) in [5.74, 6) is 0. The molecular formula is C17H17N3O2S. The van der Waals surface area contributed by atoms with E-state index in [-0.39, 0.29) is 6.10 Å². The van der Waals surface area contributed by atoms with Gasteiger partial charge in [-0.2, -0.15) is 0 Å². The van der Waals surface area contributed by atoms with Crippen molar-refractivity contribution in [2.45, 2.75) is 38.4 Å². The highest BCUT2D eigenvalue weighted by Crippen LogP contribution is 2.32. The predicted molar refractivity (Wildman–Crippen MR) is 89.7 cm³/mol. The van der Waals surface area contributed by atoms with Crippen LogP contribution in [0, 0.1) is 6.92 Å². The van der Waals surface area contributed by atoms with Gasteiger partial charge < -0.3 is 9.84 Å². The average molecular weight is 327 g/mol. The minimum atomic E-state index is -0.412. The molecule has 23 heavy (non-hydrogen) atoms. The van der Waals surface area contributed by atoms with Crippen LogP contribution in [0.5, 0.6) is 6.01 Å². The van der Waals surface area contributed by atoms with Crippen LogP contribution in [0.1, 0.15) is 24.8 Å². The lowest BCUT2D eigenvalue weighted by atomic mass is 10.2. The summed E-state index contributed by atoms with van der Waals surface area (Å²) in [6, 6.07) is 6.44. The molecule has 5 nitrogen and oxygen atoms in total. The summed E-state index contributed by atoms with van der Waals surface area (Å²) in [7, 11) is 0. The van der Waals surface area contributed by atoms with E-state index >= 15 is 0 Å². The van der Waals surface area contributed by atoms with E-state index in [9.17, 15) is 5.11 Å². The maximum atomic E-state index is 9.80. The molecule has 2 atom stereocenters. The van der Waals surface area contributed by atoms with Gasteiger partial charge in [0.15, 0.2) is 0 Å². The molecule has 6 heteroatoms. The third-order valence-corrected chi connectivity index (χ3v) is 5.42. The van der Waals surface area contributed by atoms with Gasteiger partial charge in [0.1, 0.15) is 11.1 Å². The topological polar surface area (TPSA) is 68.1 Å². The highest BCUT2D eigenvalue weighted by Gasteiger charge is 2.27. The molecule has 0 radical (unpaired) electrons. The molecule has 118 valence electrons. The molecular weight excluding hydrogens is 310 g/mol. The first kappa shape index (κ1) is 14.5. The van der Waals surface area contributed by atoms with Crippen molar-refractivity contribution in [3.8, 4) is 16.6 Å². The van der Waals surface area contributed by atoms with E-state index in [0.717, 1.165) is 35.4 Å². The van der Waals surface area contributed by atoms with Gasteiger partial charge >= 0.3 is 6.01 Å². The van der Waals surface area contributed by atoms with Gasteiger partial charge in [0.25, 0.3) is 0 Å². The van der Waals surface area contributed by atoms with Crippen molar-refractivity contribution in [3.05, 3.63) is 36.2 Å². The first-order valence-corrected chi connectivity index (χ1v) is 8.55. The van der Waals surface area contributed by atoms with Gasteiger partial charge in [0.2, 0.25) is 0 Å². The lowest BCUT2D eigenvalue weighted by molar-refractivity contribution is 0.0541. The van der Waals surface area contributed by atoms with Crippen molar-refractivity contribution in [3.63, 3.8) is 0 Å². The number of aliphatic hydroxyl groups is 1. The van der Waals surface area contributed by atoms with Crippen molar-refractivity contribution in [1.82, 2.24) is 15.0 Å². The lowest BCUT2D eigenvalue weighted by Gasteiger charge is -2.15. The van der Waals surface area contributed by atoms with E-state index in [4.69, 9.17) is 4.74 Å². The largest absolute Gasteiger partial charge is 0.457 e. The number of aliphatic hydroxyl groups excluding tert-OH is 1. The molecule has 0 aliphatic heterocycles. The summed E-state index contributed by atoms with van der Waals surface area (Å²) < 4.78 is 6.86. The molecule has 1 aliphatic rings. The summed E-state index contributed by atoms with van der Waals surface area (Å²) in [5.41, 5.74) is 3.10. The molecule has 0 bridgehead atoms. The SMILES string of the molecule is Cc1cccc2nc(-c3cnc(O[C@H]4CCC[C@@H]4O)nc3)sc12. The van der Waals surface area contributed by atoms with Crippen LogP contribution in [0.25, 0.3) is 20.8 Å². The molecule has 2 heterocycles. The molecule has 1 N–H and O–H groups in total. The van der Waals surface area contributed by atoms with Crippen LogP contribution in [0.2, 0.25) is 0 Å². The number of rotatable bonds is 3. The Labute approximate surface area is 138 Å². The normalized spacial score (nSPS) is 21.0. The Hall–Kier alpha value is -2.05. The second kappa shape index (κ2) is 5.86. The maximum Gasteiger partial charge on any atom is 0.316 e. The summed E-state index contributed by atoms with van der Waals surface area (Å²) in [5, 5.41) is 10.7. The van der Waals surface area contributed by atoms with Gasteiger partial charge in [-0.1, -0.05) is 12.1 Å². The van der Waals surface area contributed by atoms with E-state index in [1.807, 2.05) is 12.1 Å². The zero-order valence-electron chi connectivity index (χ0n) is 12.8. The highest BCUT2D eigenvalue weighted by molar-refractivity contribution is 7.21. The smallest absolute Gasteiger partial charge is 0.316 e. The molecule has 1 aliphatic carbocycles. The molecule has 3 aromatic rings. The van der Waals surface area contributed by atoms with E-state index in [2.05, 4.69) is 27.9 Å². The fourth-order valence-electron chi connectivity index (χ4n) is 2.88. The number of fused-ring (bicyclic) bond motifs is 1. The van der Waals surface area contributed by atoms with Crippen LogP contribution in [0.3, 0.4) is 0 Å². The van der Waals surface area contributed by atoms with Gasteiger partial charge in [-0.05, 0) is 37.8 Å². The summed E-state index contributed by atoms with van der Waals surface area (Å²) in [4.78, 5) is 13.2. The van der Waals surface area contributed by atoms with Crippen LogP contribution in [0.4, 0.5) is 0 Å². The average Bonchev–Trinajstić information content (AvgIpc) is 3.16. The molecule has 1 aromatic carbocycles. The van der Waals surface area contributed by atoms with Gasteiger partial charge in [-0.3, -0.25) is 0 Å². The van der Waals surface area contributed by atoms with Crippen LogP contribution >= 0.6 is 11.3 Å². The van der Waals surface area contributed by atoms with Crippen LogP contribution < -0.4 is 4.74 Å². The number of thiazole rings is 1. The van der Waals surface area contributed by atoms with E-state index in [0.29, 0.717) is 6.01 Å². The Kier molecular flexibility index (Phi) is 3.71. The third kappa shape index (κ3) is 2.80. The summed E-state index contributed by atoms with van der Waals surface area (Å²) in [6.07, 6.45) is 5.48. The molecule has 1 fully saturated rings. The second-order valence-electron chi connectivity index (χ2n) is 5.85. The monoisotopic (exact) mass is 327 g/mol. The number of aryl methyl sites for hydroxylation is 1. The predicted octanol–water partition coefficient (Wildman–Crippen LogP) is 3.35. The number of ether oxygens (including phenoxy) is 1. The maximum absolute atomic E-state index is 9.80. The Morgan fingerprint density at radius 3 is 2.74 bits per heavy atom. The molecule has 4 rings (SSSR count). The summed E-state index contributed by atoms with van der Waals surface area (Å²) in [6.45, 7) is 2.09. The molecule has 2 aromatic heterocycles. The van der Waals surface area contributed by atoms with Gasteiger partial charge in [-0.15, -0.1) is 11.3 Å². The van der Waals surface area contributed by atoms with E-state index in [1.54, 1.807) is 23.7 Å². The minimum Gasteiger partial charge on any atom is -0.457 e. The molecule has 1 saturated carbocycles. The van der Waals surface area contributed by atoms with Crippen molar-refractivity contribution in [2.24, 2.45) is 0 Å². The molecule has 0 unspecified atom stereocenters. The zero-order valence-corrected chi connectivity index (χ0v) is 13.6. The number of nitrogens with zero attached hydrogens (tertiary/aromatic N) is 3. The lowest BCUT2D eigenvalue weighted by Crippen LogP contribution is -2.26. The Morgan fingerprint density at radius 2 is 2.04 bits per heavy atom. The number of hydrogen-bond acceptors (Lipinski definition) is 6. The van der Waals surface area contributed by atoms with Crippen LogP contribution in [-0.4, -0.2) is 32.3 Å². The van der Waals surface area contributed by atoms with Crippen LogP contribution in [-0.2, 0) is 0 Å². The number of aromatic nitrogens is 3. The Morgan fingerprint density at radius 1 is 1.22 bits per heavy atom. The Balaban J connectivity index is 1.58. The van der Waals surface area contributed by atoms with E-state index < -0.39 is 6.10 Å². The first-order chi connectivity index (χ1) is 11.2. The summed E-state index contributed by atoms with van der Waals surface area (Å²) >= 11 is 1.64. The fourth-order valence-corrected chi connectivity index (χ4v) is 3.88. The van der Waals surface area contributed by atoms with Crippen molar-refractivity contribution in [1.29, 1.82) is 0 Å². The quantitative estimate of drug-likeness (QED) is 0.799. The highest BCUT2D eigenvalue weighted by atomic mass is 32.1. The van der Waals surface area contributed by atoms with Gasteiger partial charge in [0.05, 0.1) is 16.3 Å². The van der Waals surface area contributed by atoms with Crippen molar-refractivity contribution < 1.29 is 9.84 Å². The zero-order chi connectivity index (χ0) is 15.8. The first-order valence-electron chi connectivity index (χ1n) is 7.74. The standard InChI is InChI=1S/C17H17N3O2S/c1-10-4-2-5-12-15(10)23-16(20-12)11-8-18-17(19-9-11)22-14-7-3-6-13(14)21/h2,4-5,8-9,13-14,21H,3,6-7H2,1H3/t13-,14-/m0/s1. The van der Waals surface area contributed by atoms with Gasteiger partial charge in [-0.25, -0.2) is 15.0 Å².